The Kier molecular flexibility index (Phi) is 4.31. The second-order valence-corrected chi connectivity index (χ2v) is 2.92. The summed E-state index contributed by atoms with van der Waals surface area (Å²) in [5.41, 5.74) is 0. The minimum Gasteiger partial charge on any atom is -0.469 e. The molecular weight excluding hydrogens is 208 g/mol. The van der Waals surface area contributed by atoms with Crippen molar-refractivity contribution in [2.24, 2.45) is 0 Å². The van der Waals surface area contributed by atoms with Crippen LogP contribution in [0.1, 0.15) is 6.42 Å². The molecule has 0 bridgehead atoms. The molecule has 0 aromatic rings. The van der Waals surface area contributed by atoms with Crippen molar-refractivity contribution in [2.45, 2.75) is 12.7 Å². The topological polar surface area (TPSA) is 18.5 Å². The molecule has 0 saturated heterocycles. The molecule has 0 N–H and O–H groups in total. The molecule has 0 aliphatic carbocycles. The lowest BCUT2D eigenvalue weighted by Gasteiger charge is -2.14. The molecule has 11 heavy (non-hydrogen) atoms. The molecule has 2 nitrogen and oxygen atoms in total. The summed E-state index contributed by atoms with van der Waals surface area (Å²) in [7, 11) is 0. The Balaban J connectivity index is 2.07. The quantitative estimate of drug-likeness (QED) is 0.533. The summed E-state index contributed by atoms with van der Waals surface area (Å²) in [6.45, 7) is 0.730. The summed E-state index contributed by atoms with van der Waals surface area (Å²) in [5, 5.41) is 0.972. The van der Waals surface area contributed by atoms with Crippen LogP contribution in [0.25, 0.3) is 0 Å². The third-order valence-corrected chi connectivity index (χ3v) is 1.79. The van der Waals surface area contributed by atoms with Gasteiger partial charge in [0.2, 0.25) is 6.29 Å². The molecule has 0 saturated carbocycles. The van der Waals surface area contributed by atoms with E-state index in [1.807, 2.05) is 18.2 Å². The van der Waals surface area contributed by atoms with E-state index in [0.717, 1.165) is 18.4 Å². The Morgan fingerprint density at radius 2 is 2.36 bits per heavy atom. The molecule has 0 fully saturated rings. The summed E-state index contributed by atoms with van der Waals surface area (Å²) in [4.78, 5) is 0. The highest BCUT2D eigenvalue weighted by molar-refractivity contribution is 9.09. The van der Waals surface area contributed by atoms with E-state index in [2.05, 4.69) is 15.9 Å². The van der Waals surface area contributed by atoms with Crippen LogP contribution in [-0.4, -0.2) is 18.2 Å². The fourth-order valence-electron chi connectivity index (χ4n) is 0.717. The number of ether oxygens (including phenoxy) is 2. The van der Waals surface area contributed by atoms with Crippen molar-refractivity contribution in [1.82, 2.24) is 0 Å². The lowest BCUT2D eigenvalue weighted by atomic mass is 10.4. The Labute approximate surface area is 75.0 Å². The first kappa shape index (κ1) is 8.81. The Morgan fingerprint density at radius 3 is 3.00 bits per heavy atom. The van der Waals surface area contributed by atoms with E-state index in [4.69, 9.17) is 9.47 Å². The fourth-order valence-corrected chi connectivity index (χ4v) is 0.946. The van der Waals surface area contributed by atoms with Crippen molar-refractivity contribution in [3.63, 3.8) is 0 Å². The monoisotopic (exact) mass is 218 g/mol. The SMILES string of the molecule is BrCCCOC1C=CC=CO1. The molecule has 0 aromatic heterocycles. The lowest BCUT2D eigenvalue weighted by molar-refractivity contribution is -0.0734. The Morgan fingerprint density at radius 1 is 1.45 bits per heavy atom. The number of hydrogen-bond donors (Lipinski definition) is 0. The predicted molar refractivity (Wildman–Crippen MR) is 47.5 cm³/mol. The molecule has 1 atom stereocenters. The van der Waals surface area contributed by atoms with Gasteiger partial charge in [0.05, 0.1) is 12.9 Å². The fraction of sp³-hybridized carbons (Fsp3) is 0.500. The zero-order valence-electron chi connectivity index (χ0n) is 6.20. The molecule has 62 valence electrons. The van der Waals surface area contributed by atoms with Crippen LogP contribution in [0.4, 0.5) is 0 Å². The smallest absolute Gasteiger partial charge is 0.219 e. The van der Waals surface area contributed by atoms with Gasteiger partial charge in [-0.1, -0.05) is 22.0 Å². The lowest BCUT2D eigenvalue weighted by Crippen LogP contribution is -2.13. The van der Waals surface area contributed by atoms with Gasteiger partial charge in [0.1, 0.15) is 0 Å². The zero-order chi connectivity index (χ0) is 7.94. The van der Waals surface area contributed by atoms with Crippen molar-refractivity contribution < 1.29 is 9.47 Å². The van der Waals surface area contributed by atoms with E-state index < -0.39 is 0 Å². The maximum absolute atomic E-state index is 5.33. The average Bonchev–Trinajstić information content (AvgIpc) is 2.07. The predicted octanol–water partition coefficient (Wildman–Crippen LogP) is 2.21. The van der Waals surface area contributed by atoms with Crippen molar-refractivity contribution >= 4 is 15.9 Å². The van der Waals surface area contributed by atoms with Crippen LogP contribution in [0.2, 0.25) is 0 Å². The van der Waals surface area contributed by atoms with Gasteiger partial charge in [0.15, 0.2) is 0 Å². The molecular formula is C8H11BrO2. The van der Waals surface area contributed by atoms with E-state index in [9.17, 15) is 0 Å². The summed E-state index contributed by atoms with van der Waals surface area (Å²) < 4.78 is 10.5. The largest absolute Gasteiger partial charge is 0.469 e. The molecule has 0 spiro atoms. The van der Waals surface area contributed by atoms with Crippen molar-refractivity contribution in [3.8, 4) is 0 Å². The highest BCUT2D eigenvalue weighted by atomic mass is 79.9. The molecule has 0 radical (unpaired) electrons. The highest BCUT2D eigenvalue weighted by Gasteiger charge is 2.03. The average molecular weight is 219 g/mol. The van der Waals surface area contributed by atoms with E-state index in [-0.39, 0.29) is 6.29 Å². The first-order chi connectivity index (χ1) is 5.43. The Bertz CT molecular complexity index is 154. The second-order valence-electron chi connectivity index (χ2n) is 2.13. The normalized spacial score (nSPS) is 21.7. The van der Waals surface area contributed by atoms with Crippen LogP contribution in [0, 0.1) is 0 Å². The van der Waals surface area contributed by atoms with Crippen LogP contribution in [0.5, 0.6) is 0 Å². The molecule has 0 amide bonds. The third kappa shape index (κ3) is 3.58. The van der Waals surface area contributed by atoms with Gasteiger partial charge in [-0.05, 0) is 18.6 Å². The van der Waals surface area contributed by atoms with Gasteiger partial charge in [-0.2, -0.15) is 0 Å². The standard InChI is InChI=1S/C8H11BrO2/c9-5-3-7-11-8-4-1-2-6-10-8/h1-2,4,6,8H,3,5,7H2. The van der Waals surface area contributed by atoms with Gasteiger partial charge in [0.25, 0.3) is 0 Å². The molecule has 1 rings (SSSR count). The second kappa shape index (κ2) is 5.38. The van der Waals surface area contributed by atoms with Crippen LogP contribution in [0.3, 0.4) is 0 Å². The zero-order valence-corrected chi connectivity index (χ0v) is 7.79. The molecule has 1 unspecified atom stereocenters. The summed E-state index contributed by atoms with van der Waals surface area (Å²) in [6.07, 6.45) is 8.11. The van der Waals surface area contributed by atoms with Crippen molar-refractivity contribution in [1.29, 1.82) is 0 Å². The van der Waals surface area contributed by atoms with Crippen LogP contribution in [-0.2, 0) is 9.47 Å². The van der Waals surface area contributed by atoms with Gasteiger partial charge >= 0.3 is 0 Å². The summed E-state index contributed by atoms with van der Waals surface area (Å²) in [6, 6.07) is 0. The number of hydrogen-bond acceptors (Lipinski definition) is 2. The van der Waals surface area contributed by atoms with Gasteiger partial charge in [-0.25, -0.2) is 0 Å². The minimum absolute atomic E-state index is 0.181. The van der Waals surface area contributed by atoms with Crippen molar-refractivity contribution in [3.05, 3.63) is 24.5 Å². The van der Waals surface area contributed by atoms with E-state index in [1.54, 1.807) is 6.26 Å². The molecule has 1 heterocycles. The van der Waals surface area contributed by atoms with Gasteiger partial charge < -0.3 is 9.47 Å². The van der Waals surface area contributed by atoms with E-state index in [0.29, 0.717) is 0 Å². The first-order valence-electron chi connectivity index (χ1n) is 3.60. The molecule has 1 aliphatic heterocycles. The molecule has 1 aliphatic rings. The summed E-state index contributed by atoms with van der Waals surface area (Å²) in [5.74, 6) is 0. The van der Waals surface area contributed by atoms with E-state index in [1.165, 1.54) is 0 Å². The molecule has 0 aromatic carbocycles. The van der Waals surface area contributed by atoms with E-state index >= 15 is 0 Å². The third-order valence-electron chi connectivity index (χ3n) is 1.23. The van der Waals surface area contributed by atoms with Crippen molar-refractivity contribution in [2.75, 3.05) is 11.9 Å². The number of halogens is 1. The van der Waals surface area contributed by atoms with Crippen LogP contribution in [0.15, 0.2) is 24.5 Å². The molecule has 3 heteroatoms. The highest BCUT2D eigenvalue weighted by Crippen LogP contribution is 2.04. The number of allylic oxidation sites excluding steroid dienone is 2. The maximum atomic E-state index is 5.33. The first-order valence-corrected chi connectivity index (χ1v) is 4.72. The summed E-state index contributed by atoms with van der Waals surface area (Å²) >= 11 is 3.32. The Hall–Kier alpha value is -0.280. The maximum Gasteiger partial charge on any atom is 0.219 e. The van der Waals surface area contributed by atoms with Crippen LogP contribution < -0.4 is 0 Å². The minimum atomic E-state index is -0.181. The van der Waals surface area contributed by atoms with Crippen LogP contribution >= 0.6 is 15.9 Å². The number of rotatable bonds is 4. The van der Waals surface area contributed by atoms with Gasteiger partial charge in [-0.3, -0.25) is 0 Å². The van der Waals surface area contributed by atoms with Gasteiger partial charge in [-0.15, -0.1) is 0 Å². The number of alkyl halides is 1. The van der Waals surface area contributed by atoms with Gasteiger partial charge in [0, 0.05) is 5.33 Å².